The van der Waals surface area contributed by atoms with E-state index in [9.17, 15) is 0 Å². The molecule has 100 valence electrons. The highest BCUT2D eigenvalue weighted by molar-refractivity contribution is 6.31. The van der Waals surface area contributed by atoms with Crippen LogP contribution in [0.4, 0.5) is 0 Å². The van der Waals surface area contributed by atoms with E-state index < -0.39 is 0 Å². The summed E-state index contributed by atoms with van der Waals surface area (Å²) in [5.41, 5.74) is 0.465. The fourth-order valence-corrected chi connectivity index (χ4v) is 2.46. The molecule has 1 saturated heterocycles. The van der Waals surface area contributed by atoms with Crippen LogP contribution in [0.2, 0.25) is 5.02 Å². The molecule has 1 aliphatic heterocycles. The molecule has 1 fully saturated rings. The highest BCUT2D eigenvalue weighted by Crippen LogP contribution is 2.20. The molecule has 4 nitrogen and oxygen atoms in total. The first kappa shape index (κ1) is 13.6. The van der Waals surface area contributed by atoms with Gasteiger partial charge in [0.2, 0.25) is 5.88 Å². The van der Waals surface area contributed by atoms with Crippen LogP contribution in [0.1, 0.15) is 25.0 Å². The van der Waals surface area contributed by atoms with E-state index in [0.29, 0.717) is 29.2 Å². The molecule has 0 aromatic carbocycles. The van der Waals surface area contributed by atoms with Crippen molar-refractivity contribution in [3.8, 4) is 5.88 Å². The predicted octanol–water partition coefficient (Wildman–Crippen LogP) is 2.09. The minimum atomic E-state index is -0.165. The number of aliphatic hydroxyl groups excluding tert-OH is 1. The monoisotopic (exact) mass is 270 g/mol. The molecular weight excluding hydrogens is 252 g/mol. The summed E-state index contributed by atoms with van der Waals surface area (Å²) in [6.45, 7) is 1.66. The standard InChI is InChI=1S/C13H19ClN2O2/c1-16-7-2-3-10(16)6-8-18-13-5-4-11(14)12(9-17)15-13/h4-5,10,17H,2-3,6-9H2,1H3. The zero-order valence-electron chi connectivity index (χ0n) is 10.6. The number of likely N-dealkylation sites (tertiary alicyclic amines) is 1. The molecule has 0 spiro atoms. The lowest BCUT2D eigenvalue weighted by molar-refractivity contribution is 0.226. The quantitative estimate of drug-likeness (QED) is 0.890. The van der Waals surface area contributed by atoms with Crippen molar-refractivity contribution in [3.63, 3.8) is 0 Å². The summed E-state index contributed by atoms with van der Waals surface area (Å²) in [7, 11) is 2.15. The average molecular weight is 271 g/mol. The number of ether oxygens (including phenoxy) is 1. The fourth-order valence-electron chi connectivity index (χ4n) is 2.30. The summed E-state index contributed by atoms with van der Waals surface area (Å²) >= 11 is 5.87. The Morgan fingerprint density at radius 1 is 1.56 bits per heavy atom. The predicted molar refractivity (Wildman–Crippen MR) is 70.9 cm³/mol. The topological polar surface area (TPSA) is 45.6 Å². The van der Waals surface area contributed by atoms with E-state index in [4.69, 9.17) is 21.4 Å². The van der Waals surface area contributed by atoms with Crippen LogP contribution in [0.25, 0.3) is 0 Å². The molecule has 0 saturated carbocycles. The van der Waals surface area contributed by atoms with Gasteiger partial charge < -0.3 is 14.7 Å². The summed E-state index contributed by atoms with van der Waals surface area (Å²) < 4.78 is 5.61. The van der Waals surface area contributed by atoms with Gasteiger partial charge in [0, 0.05) is 12.1 Å². The third-order valence-corrected chi connectivity index (χ3v) is 3.76. The Kier molecular flexibility index (Phi) is 4.80. The van der Waals surface area contributed by atoms with Crippen LogP contribution in [0.5, 0.6) is 5.88 Å². The third-order valence-electron chi connectivity index (χ3n) is 3.42. The van der Waals surface area contributed by atoms with Crippen molar-refractivity contribution < 1.29 is 9.84 Å². The van der Waals surface area contributed by atoms with Gasteiger partial charge in [-0.15, -0.1) is 0 Å². The zero-order valence-corrected chi connectivity index (χ0v) is 11.4. The van der Waals surface area contributed by atoms with E-state index >= 15 is 0 Å². The molecule has 0 aliphatic carbocycles. The van der Waals surface area contributed by atoms with Crippen LogP contribution >= 0.6 is 11.6 Å². The van der Waals surface area contributed by atoms with Crippen LogP contribution in [0.15, 0.2) is 12.1 Å². The number of hydrogen-bond acceptors (Lipinski definition) is 4. The molecule has 5 heteroatoms. The summed E-state index contributed by atoms with van der Waals surface area (Å²) in [6, 6.07) is 4.06. The van der Waals surface area contributed by atoms with Gasteiger partial charge in [0.05, 0.1) is 23.9 Å². The lowest BCUT2D eigenvalue weighted by Gasteiger charge is -2.19. The van der Waals surface area contributed by atoms with Crippen molar-refractivity contribution in [1.29, 1.82) is 0 Å². The number of aliphatic hydroxyl groups is 1. The van der Waals surface area contributed by atoms with Gasteiger partial charge in [-0.1, -0.05) is 11.6 Å². The highest BCUT2D eigenvalue weighted by Gasteiger charge is 2.20. The first-order chi connectivity index (χ1) is 8.70. The highest BCUT2D eigenvalue weighted by atomic mass is 35.5. The second kappa shape index (κ2) is 6.36. The Bertz CT molecular complexity index is 401. The van der Waals surface area contributed by atoms with E-state index in [1.165, 1.54) is 19.4 Å². The Morgan fingerprint density at radius 2 is 2.39 bits per heavy atom. The maximum absolute atomic E-state index is 9.07. The van der Waals surface area contributed by atoms with E-state index in [1.54, 1.807) is 12.1 Å². The Labute approximate surface area is 113 Å². The first-order valence-corrected chi connectivity index (χ1v) is 6.68. The van der Waals surface area contributed by atoms with Crippen molar-refractivity contribution in [1.82, 2.24) is 9.88 Å². The van der Waals surface area contributed by atoms with Gasteiger partial charge >= 0.3 is 0 Å². The number of pyridine rings is 1. The smallest absolute Gasteiger partial charge is 0.213 e. The average Bonchev–Trinajstić information content (AvgIpc) is 2.77. The maximum Gasteiger partial charge on any atom is 0.213 e. The molecule has 1 N–H and O–H groups in total. The van der Waals surface area contributed by atoms with Crippen molar-refractivity contribution in [2.45, 2.75) is 31.9 Å². The number of hydrogen-bond donors (Lipinski definition) is 1. The number of rotatable bonds is 5. The molecule has 1 atom stereocenters. The van der Waals surface area contributed by atoms with Gasteiger partial charge in [0.15, 0.2) is 0 Å². The zero-order chi connectivity index (χ0) is 13.0. The lowest BCUT2D eigenvalue weighted by atomic mass is 10.1. The summed E-state index contributed by atoms with van der Waals surface area (Å²) in [6.07, 6.45) is 3.53. The van der Waals surface area contributed by atoms with E-state index in [0.717, 1.165) is 6.42 Å². The van der Waals surface area contributed by atoms with Crippen LogP contribution in [-0.2, 0) is 6.61 Å². The lowest BCUT2D eigenvalue weighted by Crippen LogP contribution is -2.26. The van der Waals surface area contributed by atoms with Gasteiger partial charge in [-0.05, 0) is 38.9 Å². The minimum absolute atomic E-state index is 0.165. The van der Waals surface area contributed by atoms with E-state index in [2.05, 4.69) is 16.9 Å². The minimum Gasteiger partial charge on any atom is -0.478 e. The molecule has 2 heterocycles. The number of aromatic nitrogens is 1. The molecule has 1 aliphatic rings. The normalized spacial score (nSPS) is 20.3. The molecule has 1 unspecified atom stereocenters. The Balaban J connectivity index is 1.83. The van der Waals surface area contributed by atoms with Crippen molar-refractivity contribution in [2.24, 2.45) is 0 Å². The fraction of sp³-hybridized carbons (Fsp3) is 0.615. The molecule has 0 amide bonds. The molecule has 1 aromatic rings. The SMILES string of the molecule is CN1CCCC1CCOc1ccc(Cl)c(CO)n1. The van der Waals surface area contributed by atoms with Gasteiger partial charge in [-0.25, -0.2) is 4.98 Å². The van der Waals surface area contributed by atoms with Crippen LogP contribution in [0, 0.1) is 0 Å². The first-order valence-electron chi connectivity index (χ1n) is 6.30. The number of nitrogens with zero attached hydrogens (tertiary/aromatic N) is 2. The van der Waals surface area contributed by atoms with Crippen LogP contribution < -0.4 is 4.74 Å². The second-order valence-electron chi connectivity index (χ2n) is 4.65. The molecular formula is C13H19ClN2O2. The molecule has 18 heavy (non-hydrogen) atoms. The van der Waals surface area contributed by atoms with Gasteiger partial charge in [-0.2, -0.15) is 0 Å². The Morgan fingerprint density at radius 3 is 3.06 bits per heavy atom. The second-order valence-corrected chi connectivity index (χ2v) is 5.06. The van der Waals surface area contributed by atoms with E-state index in [-0.39, 0.29) is 6.61 Å². The van der Waals surface area contributed by atoms with Crippen molar-refractivity contribution in [3.05, 3.63) is 22.8 Å². The van der Waals surface area contributed by atoms with Crippen LogP contribution in [-0.4, -0.2) is 41.2 Å². The molecule has 0 radical (unpaired) electrons. The van der Waals surface area contributed by atoms with Gasteiger partial charge in [-0.3, -0.25) is 0 Å². The third kappa shape index (κ3) is 3.34. The summed E-state index contributed by atoms with van der Waals surface area (Å²) in [5, 5.41) is 9.54. The Hall–Kier alpha value is -0.840. The van der Waals surface area contributed by atoms with Crippen molar-refractivity contribution >= 4 is 11.6 Å². The van der Waals surface area contributed by atoms with Crippen molar-refractivity contribution in [2.75, 3.05) is 20.2 Å². The summed E-state index contributed by atoms with van der Waals surface area (Å²) in [4.78, 5) is 6.53. The number of halogens is 1. The van der Waals surface area contributed by atoms with E-state index in [1.807, 2.05) is 0 Å². The summed E-state index contributed by atoms with van der Waals surface area (Å²) in [5.74, 6) is 0.532. The molecule has 1 aromatic heterocycles. The molecule has 2 rings (SSSR count). The largest absolute Gasteiger partial charge is 0.478 e. The molecule has 0 bridgehead atoms. The van der Waals surface area contributed by atoms with Crippen LogP contribution in [0.3, 0.4) is 0 Å². The van der Waals surface area contributed by atoms with Gasteiger partial charge in [0.1, 0.15) is 0 Å². The maximum atomic E-state index is 9.07. The van der Waals surface area contributed by atoms with Gasteiger partial charge in [0.25, 0.3) is 0 Å².